The zero-order chi connectivity index (χ0) is 20.0. The normalized spacial score (nSPS) is 11.3. The van der Waals surface area contributed by atoms with Gasteiger partial charge < -0.3 is 9.47 Å². The van der Waals surface area contributed by atoms with E-state index in [1.165, 1.54) is 31.4 Å². The molecular formula is C20H22N2O5. The van der Waals surface area contributed by atoms with Gasteiger partial charge in [-0.05, 0) is 62.2 Å². The molecule has 1 atom stereocenters. The summed E-state index contributed by atoms with van der Waals surface area (Å²) in [6, 6.07) is 11.4. The maximum atomic E-state index is 12.1. The fourth-order valence-corrected chi connectivity index (χ4v) is 2.26. The first kappa shape index (κ1) is 20.0. The van der Waals surface area contributed by atoms with Gasteiger partial charge in [0.15, 0.2) is 6.10 Å². The lowest BCUT2D eigenvalue weighted by molar-refractivity contribution is -0.128. The summed E-state index contributed by atoms with van der Waals surface area (Å²) in [4.78, 5) is 35.6. The third kappa shape index (κ3) is 5.07. The molecule has 0 aromatic heterocycles. The third-order valence-corrected chi connectivity index (χ3v) is 4.10. The minimum atomic E-state index is -0.799. The molecule has 2 rings (SSSR count). The highest BCUT2D eigenvalue weighted by atomic mass is 16.5. The summed E-state index contributed by atoms with van der Waals surface area (Å²) < 4.78 is 10.3. The second-order valence-corrected chi connectivity index (χ2v) is 5.97. The van der Waals surface area contributed by atoms with Crippen molar-refractivity contribution in [2.24, 2.45) is 0 Å². The first-order valence-corrected chi connectivity index (χ1v) is 8.35. The lowest BCUT2D eigenvalue weighted by Gasteiger charge is -2.17. The molecule has 0 aliphatic rings. The zero-order valence-corrected chi connectivity index (χ0v) is 15.7. The van der Waals surface area contributed by atoms with Gasteiger partial charge in [-0.25, -0.2) is 4.79 Å². The molecule has 142 valence electrons. The maximum absolute atomic E-state index is 12.1. The van der Waals surface area contributed by atoms with Crippen LogP contribution in [0.15, 0.2) is 42.5 Å². The molecule has 0 unspecified atom stereocenters. The van der Waals surface area contributed by atoms with Crippen LogP contribution in [0.3, 0.4) is 0 Å². The second kappa shape index (κ2) is 8.84. The van der Waals surface area contributed by atoms with Crippen LogP contribution < -0.4 is 15.6 Å². The molecular weight excluding hydrogens is 348 g/mol. The molecule has 7 nitrogen and oxygen atoms in total. The molecule has 0 saturated carbocycles. The van der Waals surface area contributed by atoms with Gasteiger partial charge in [-0.2, -0.15) is 0 Å². The molecule has 0 radical (unpaired) electrons. The van der Waals surface area contributed by atoms with Crippen LogP contribution in [0, 0.1) is 13.8 Å². The average molecular weight is 370 g/mol. The SMILES string of the molecule is COC(=O)c1ccc(C(=O)NNC(=O)[C@H](C)Oc2cccc(C)c2C)cc1. The van der Waals surface area contributed by atoms with Crippen molar-refractivity contribution in [1.82, 2.24) is 10.9 Å². The number of benzene rings is 2. The summed E-state index contributed by atoms with van der Waals surface area (Å²) in [6.07, 6.45) is -0.799. The van der Waals surface area contributed by atoms with E-state index in [0.29, 0.717) is 11.3 Å². The number of carbonyl (C=O) groups is 3. The first-order valence-electron chi connectivity index (χ1n) is 8.35. The van der Waals surface area contributed by atoms with Crippen LogP contribution in [-0.4, -0.2) is 31.0 Å². The molecule has 0 aliphatic heterocycles. The summed E-state index contributed by atoms with van der Waals surface area (Å²) >= 11 is 0. The minimum Gasteiger partial charge on any atom is -0.481 e. The van der Waals surface area contributed by atoms with Crippen LogP contribution in [0.5, 0.6) is 5.75 Å². The number of amides is 2. The molecule has 2 amide bonds. The lowest BCUT2D eigenvalue weighted by Crippen LogP contribution is -2.47. The van der Waals surface area contributed by atoms with Gasteiger partial charge in [0.2, 0.25) is 0 Å². The number of methoxy groups -OCH3 is 1. The molecule has 7 heteroatoms. The second-order valence-electron chi connectivity index (χ2n) is 5.97. The Morgan fingerprint density at radius 3 is 2.19 bits per heavy atom. The summed E-state index contributed by atoms with van der Waals surface area (Å²) in [5, 5.41) is 0. The monoisotopic (exact) mass is 370 g/mol. The van der Waals surface area contributed by atoms with Crippen molar-refractivity contribution in [3.05, 3.63) is 64.7 Å². The van der Waals surface area contributed by atoms with Crippen molar-refractivity contribution >= 4 is 17.8 Å². The number of aryl methyl sites for hydroxylation is 1. The highest BCUT2D eigenvalue weighted by Crippen LogP contribution is 2.21. The van der Waals surface area contributed by atoms with E-state index >= 15 is 0 Å². The number of nitrogens with one attached hydrogen (secondary N) is 2. The molecule has 0 bridgehead atoms. The van der Waals surface area contributed by atoms with Gasteiger partial charge in [0.1, 0.15) is 5.75 Å². The minimum absolute atomic E-state index is 0.283. The Kier molecular flexibility index (Phi) is 6.54. The van der Waals surface area contributed by atoms with Gasteiger partial charge >= 0.3 is 5.97 Å². The number of hydrazine groups is 1. The molecule has 0 aliphatic carbocycles. The van der Waals surface area contributed by atoms with Gasteiger partial charge in [-0.15, -0.1) is 0 Å². The van der Waals surface area contributed by atoms with Crippen molar-refractivity contribution in [3.63, 3.8) is 0 Å². The molecule has 0 fully saturated rings. The molecule has 27 heavy (non-hydrogen) atoms. The summed E-state index contributed by atoms with van der Waals surface area (Å²) in [5.74, 6) is -0.885. The van der Waals surface area contributed by atoms with Crippen molar-refractivity contribution in [2.75, 3.05) is 7.11 Å². The van der Waals surface area contributed by atoms with Gasteiger partial charge in [-0.1, -0.05) is 12.1 Å². The first-order chi connectivity index (χ1) is 12.8. The van der Waals surface area contributed by atoms with Crippen LogP contribution >= 0.6 is 0 Å². The van der Waals surface area contributed by atoms with Gasteiger partial charge in [-0.3, -0.25) is 20.4 Å². The average Bonchev–Trinajstić information content (AvgIpc) is 2.68. The van der Waals surface area contributed by atoms with Crippen LogP contribution in [-0.2, 0) is 9.53 Å². The van der Waals surface area contributed by atoms with Crippen LogP contribution in [0.25, 0.3) is 0 Å². The van der Waals surface area contributed by atoms with Crippen LogP contribution in [0.4, 0.5) is 0 Å². The van der Waals surface area contributed by atoms with Crippen molar-refractivity contribution in [2.45, 2.75) is 26.9 Å². The zero-order valence-electron chi connectivity index (χ0n) is 15.7. The summed E-state index contributed by atoms with van der Waals surface area (Å²) in [5.41, 5.74) is 7.27. The maximum Gasteiger partial charge on any atom is 0.337 e. The molecule has 2 aromatic rings. The highest BCUT2D eigenvalue weighted by molar-refractivity contribution is 5.97. The van der Waals surface area contributed by atoms with Crippen LogP contribution in [0.2, 0.25) is 0 Å². The third-order valence-electron chi connectivity index (χ3n) is 4.10. The van der Waals surface area contributed by atoms with Crippen molar-refractivity contribution in [3.8, 4) is 5.75 Å². The van der Waals surface area contributed by atoms with Crippen molar-refractivity contribution < 1.29 is 23.9 Å². The highest BCUT2D eigenvalue weighted by Gasteiger charge is 2.17. The Balaban J connectivity index is 1.91. The van der Waals surface area contributed by atoms with Gasteiger partial charge in [0.05, 0.1) is 12.7 Å². The fraction of sp³-hybridized carbons (Fsp3) is 0.250. The van der Waals surface area contributed by atoms with E-state index in [2.05, 4.69) is 15.6 Å². The van der Waals surface area contributed by atoms with E-state index in [9.17, 15) is 14.4 Å². The van der Waals surface area contributed by atoms with E-state index in [0.717, 1.165) is 11.1 Å². The molecule has 0 spiro atoms. The van der Waals surface area contributed by atoms with Gasteiger partial charge in [0.25, 0.3) is 11.8 Å². The Morgan fingerprint density at radius 2 is 1.56 bits per heavy atom. The number of hydrogen-bond acceptors (Lipinski definition) is 5. The van der Waals surface area contributed by atoms with E-state index < -0.39 is 23.9 Å². The molecule has 2 N–H and O–H groups in total. The van der Waals surface area contributed by atoms with Crippen molar-refractivity contribution in [1.29, 1.82) is 0 Å². The van der Waals surface area contributed by atoms with E-state index in [4.69, 9.17) is 4.74 Å². The Labute approximate surface area is 157 Å². The quantitative estimate of drug-likeness (QED) is 0.622. The molecule has 0 saturated heterocycles. The van der Waals surface area contributed by atoms with E-state index in [-0.39, 0.29) is 5.56 Å². The Bertz CT molecular complexity index is 846. The number of hydrogen-bond donors (Lipinski definition) is 2. The lowest BCUT2D eigenvalue weighted by atomic mass is 10.1. The smallest absolute Gasteiger partial charge is 0.337 e. The van der Waals surface area contributed by atoms with E-state index in [1.807, 2.05) is 26.0 Å². The number of esters is 1. The topological polar surface area (TPSA) is 93.7 Å². The standard InChI is InChI=1S/C20H22N2O5/c1-12-6-5-7-17(13(12)2)27-14(3)18(23)21-22-19(24)15-8-10-16(11-9-15)20(25)26-4/h5-11,14H,1-4H3,(H,21,23)(H,22,24)/t14-/m0/s1. The predicted molar refractivity (Wildman–Crippen MR) is 99.4 cm³/mol. The molecule has 0 heterocycles. The predicted octanol–water partition coefficient (Wildman–Crippen LogP) is 2.32. The number of ether oxygens (including phenoxy) is 2. The van der Waals surface area contributed by atoms with Gasteiger partial charge in [0, 0.05) is 5.56 Å². The Hall–Kier alpha value is -3.35. The summed E-state index contributed by atoms with van der Waals surface area (Å²) in [7, 11) is 1.28. The summed E-state index contributed by atoms with van der Waals surface area (Å²) in [6.45, 7) is 5.46. The number of rotatable bonds is 5. The van der Waals surface area contributed by atoms with E-state index in [1.54, 1.807) is 13.0 Å². The number of carbonyl (C=O) groups excluding carboxylic acids is 3. The molecule has 2 aromatic carbocycles. The Morgan fingerprint density at radius 1 is 0.926 bits per heavy atom. The largest absolute Gasteiger partial charge is 0.481 e. The van der Waals surface area contributed by atoms with Crippen LogP contribution in [0.1, 0.15) is 38.8 Å². The fourth-order valence-electron chi connectivity index (χ4n) is 2.26.